The van der Waals surface area contributed by atoms with E-state index in [1.165, 1.54) is 84.9 Å². The van der Waals surface area contributed by atoms with Crippen molar-refractivity contribution in [3.05, 3.63) is 251 Å². The maximum absolute atomic E-state index is 14.5. The Balaban J connectivity index is 1.18. The molecule has 10 unspecified atom stereocenters. The van der Waals surface area contributed by atoms with Crippen LogP contribution in [0.1, 0.15) is 72.5 Å². The number of carbonyl (C=O) groups is 7. The molecule has 7 aromatic rings. The number of rotatable bonds is 18. The van der Waals surface area contributed by atoms with E-state index in [9.17, 15) is 33.6 Å². The first kappa shape index (κ1) is 54.6. The van der Waals surface area contributed by atoms with Gasteiger partial charge in [0.15, 0.2) is 36.8 Å². The molecule has 2 fully saturated rings. The van der Waals surface area contributed by atoms with Crippen molar-refractivity contribution in [2.45, 2.75) is 61.1 Å². The van der Waals surface area contributed by atoms with Crippen LogP contribution in [0.3, 0.4) is 0 Å². The minimum atomic E-state index is -1.99. The molecule has 2 saturated heterocycles. The van der Waals surface area contributed by atoms with Gasteiger partial charge in [-0.05, 0) is 84.9 Å². The quantitative estimate of drug-likeness (QED) is 0.0469. The van der Waals surface area contributed by atoms with Crippen molar-refractivity contribution in [1.82, 2.24) is 0 Å². The topological polar surface area (TPSA) is 212 Å². The molecule has 9 rings (SSSR count). The third-order valence-electron chi connectivity index (χ3n) is 12.8. The van der Waals surface area contributed by atoms with Crippen LogP contribution in [0.25, 0.3) is 0 Å². The first-order valence-corrected chi connectivity index (χ1v) is 25.2. The van der Waals surface area contributed by atoms with Crippen LogP contribution in [0.2, 0.25) is 0 Å². The molecule has 0 N–H and O–H groups in total. The zero-order valence-electron chi connectivity index (χ0n) is 42.3. The molecular formula is C61H51BO17. The van der Waals surface area contributed by atoms with Crippen molar-refractivity contribution >= 4 is 49.6 Å². The summed E-state index contributed by atoms with van der Waals surface area (Å²) in [6, 6.07) is 54.2. The van der Waals surface area contributed by atoms with Gasteiger partial charge in [-0.25, -0.2) is 33.6 Å². The SMILES string of the molecule is BC1OC(COC(=O)c2ccccc2)C(OC2OC(COC(=O)c3ccccc3)C(OC(=O)c3ccccc3)C(OC(=O)c3ccccc3)C2OC(=O)c2ccccc2)C(OC(=O)c2ccccc2)C1OC(=O)c1ccccc1. The number of carbonyl (C=O) groups excluding carboxylic acids is 7. The molecule has 79 heavy (non-hydrogen) atoms. The monoisotopic (exact) mass is 1070 g/mol. The van der Waals surface area contributed by atoms with Crippen molar-refractivity contribution in [3.63, 3.8) is 0 Å². The normalized spacial score (nSPS) is 22.4. The van der Waals surface area contributed by atoms with E-state index >= 15 is 0 Å². The van der Waals surface area contributed by atoms with E-state index in [1.54, 1.807) is 135 Å². The van der Waals surface area contributed by atoms with Crippen LogP contribution in [0, 0.1) is 0 Å². The summed E-state index contributed by atoms with van der Waals surface area (Å²) in [6.45, 7) is -1.30. The van der Waals surface area contributed by atoms with Gasteiger partial charge < -0.3 is 47.4 Å². The van der Waals surface area contributed by atoms with Crippen molar-refractivity contribution in [3.8, 4) is 0 Å². The van der Waals surface area contributed by atoms with Gasteiger partial charge in [0.25, 0.3) is 0 Å². The Labute approximate surface area is 454 Å². The number of esters is 7. The Morgan fingerprint density at radius 1 is 0.304 bits per heavy atom. The molecular weight excluding hydrogens is 1020 g/mol. The molecule has 0 bridgehead atoms. The third kappa shape index (κ3) is 13.9. The highest BCUT2D eigenvalue weighted by atomic mass is 16.8. The van der Waals surface area contributed by atoms with Crippen molar-refractivity contribution in [2.24, 2.45) is 0 Å². The van der Waals surface area contributed by atoms with Crippen LogP contribution >= 0.6 is 0 Å². The van der Waals surface area contributed by atoms with Crippen LogP contribution in [-0.2, 0) is 47.4 Å². The molecule has 18 heteroatoms. The van der Waals surface area contributed by atoms with Crippen molar-refractivity contribution in [1.29, 1.82) is 0 Å². The van der Waals surface area contributed by atoms with E-state index in [4.69, 9.17) is 47.4 Å². The first-order chi connectivity index (χ1) is 38.5. The number of hydrogen-bond acceptors (Lipinski definition) is 17. The van der Waals surface area contributed by atoms with Crippen LogP contribution < -0.4 is 0 Å². The average molecular weight is 1070 g/mol. The molecule has 0 amide bonds. The molecule has 2 aliphatic rings. The summed E-state index contributed by atoms with van der Waals surface area (Å²) in [5.41, 5.74) is 0.662. The lowest BCUT2D eigenvalue weighted by molar-refractivity contribution is -0.335. The van der Waals surface area contributed by atoms with Crippen molar-refractivity contribution in [2.75, 3.05) is 13.2 Å². The third-order valence-corrected chi connectivity index (χ3v) is 12.8. The highest BCUT2D eigenvalue weighted by Gasteiger charge is 2.57. The van der Waals surface area contributed by atoms with E-state index in [0.717, 1.165) is 0 Å². The van der Waals surface area contributed by atoms with Crippen LogP contribution in [0.15, 0.2) is 212 Å². The lowest BCUT2D eigenvalue weighted by Gasteiger charge is -2.48. The number of ether oxygens (including phenoxy) is 10. The standard InChI is InChI=1S/C61H51BO17/c62-53-51(77-59(68)43-32-18-6-19-33-43)49(75-57(66)41-28-14-4-15-29-41)48(45(72-53)36-70-54(63)38-22-8-1-9-23-38)79-61-52(78-60(69)44-34-20-7-21-35-44)50(76-58(67)42-30-16-5-17-31-42)47(74-56(65)40-26-12-3-13-27-40)46(73-61)37-71-55(64)39-24-10-2-11-25-39/h1-35,45-53,61H,36-37,62H2. The minimum absolute atomic E-state index is 0.0224. The van der Waals surface area contributed by atoms with Gasteiger partial charge in [0.1, 0.15) is 39.4 Å². The Morgan fingerprint density at radius 3 is 0.886 bits per heavy atom. The average Bonchev–Trinajstić information content (AvgIpc) is 3.61. The molecule has 2 heterocycles. The largest absolute Gasteiger partial charge is 0.459 e. The fourth-order valence-corrected chi connectivity index (χ4v) is 8.83. The lowest BCUT2D eigenvalue weighted by atomic mass is 9.84. The highest BCUT2D eigenvalue weighted by molar-refractivity contribution is 6.11. The maximum Gasteiger partial charge on any atom is 0.338 e. The summed E-state index contributed by atoms with van der Waals surface area (Å²) >= 11 is 0. The highest BCUT2D eigenvalue weighted by Crippen LogP contribution is 2.36. The van der Waals surface area contributed by atoms with E-state index in [0.29, 0.717) is 0 Å². The molecule has 7 aromatic carbocycles. The van der Waals surface area contributed by atoms with Crippen molar-refractivity contribution < 1.29 is 80.9 Å². The molecule has 0 aliphatic carbocycles. The van der Waals surface area contributed by atoms with Gasteiger partial charge in [-0.3, -0.25) is 0 Å². The van der Waals surface area contributed by atoms with Gasteiger partial charge in [-0.1, -0.05) is 127 Å². The molecule has 17 nitrogen and oxygen atoms in total. The predicted octanol–water partition coefficient (Wildman–Crippen LogP) is 7.30. The molecule has 0 spiro atoms. The Hall–Kier alpha value is -9.23. The fourth-order valence-electron chi connectivity index (χ4n) is 8.83. The Kier molecular flexibility index (Phi) is 18.1. The number of hydrogen-bond donors (Lipinski definition) is 0. The molecule has 2 aliphatic heterocycles. The summed E-state index contributed by atoms with van der Waals surface area (Å²) in [7, 11) is 1.55. The van der Waals surface area contributed by atoms with E-state index in [1.807, 2.05) is 0 Å². The summed E-state index contributed by atoms with van der Waals surface area (Å²) in [6.07, 6.45) is -15.5. The Morgan fingerprint density at radius 2 is 0.557 bits per heavy atom. The molecule has 0 aromatic heterocycles. The van der Waals surface area contributed by atoms with Gasteiger partial charge in [-0.15, -0.1) is 0 Å². The van der Waals surface area contributed by atoms with Gasteiger partial charge in [0, 0.05) is 0 Å². The van der Waals surface area contributed by atoms with E-state index in [2.05, 4.69) is 0 Å². The minimum Gasteiger partial charge on any atom is -0.459 e. The first-order valence-electron chi connectivity index (χ1n) is 25.2. The zero-order valence-corrected chi connectivity index (χ0v) is 42.3. The second-order valence-corrected chi connectivity index (χ2v) is 18.1. The molecule has 0 saturated carbocycles. The van der Waals surface area contributed by atoms with Gasteiger partial charge in [-0.2, -0.15) is 0 Å². The van der Waals surface area contributed by atoms with E-state index in [-0.39, 0.29) is 38.9 Å². The zero-order chi connectivity index (χ0) is 55.1. The lowest BCUT2D eigenvalue weighted by Crippen LogP contribution is -2.67. The number of benzene rings is 7. The summed E-state index contributed by atoms with van der Waals surface area (Å²) in [5, 5.41) is 0. The summed E-state index contributed by atoms with van der Waals surface area (Å²) in [5.74, 6) is -6.24. The molecule has 0 radical (unpaired) electrons. The van der Waals surface area contributed by atoms with Crippen LogP contribution in [0.5, 0.6) is 0 Å². The van der Waals surface area contributed by atoms with Gasteiger partial charge in [0.05, 0.1) is 44.9 Å². The molecule has 400 valence electrons. The van der Waals surface area contributed by atoms with Gasteiger partial charge in [0.2, 0.25) is 0 Å². The Bertz CT molecular complexity index is 3170. The fraction of sp³-hybridized carbons (Fsp3) is 0.197. The van der Waals surface area contributed by atoms with E-state index < -0.39 is 116 Å². The van der Waals surface area contributed by atoms with Crippen LogP contribution in [0.4, 0.5) is 0 Å². The second-order valence-electron chi connectivity index (χ2n) is 18.1. The smallest absolute Gasteiger partial charge is 0.338 e. The summed E-state index contributed by atoms with van der Waals surface area (Å²) in [4.78, 5) is 99.0. The maximum atomic E-state index is 14.5. The van der Waals surface area contributed by atoms with Gasteiger partial charge >= 0.3 is 41.8 Å². The summed E-state index contributed by atoms with van der Waals surface area (Å²) < 4.78 is 63.3. The molecule has 10 atom stereocenters. The predicted molar refractivity (Wildman–Crippen MR) is 282 cm³/mol. The van der Waals surface area contributed by atoms with Crippen LogP contribution in [-0.4, -0.2) is 124 Å². The second kappa shape index (κ2) is 26.2.